The van der Waals surface area contributed by atoms with Crippen LogP contribution in [0.2, 0.25) is 0 Å². The third kappa shape index (κ3) is 2.81. The van der Waals surface area contributed by atoms with Crippen molar-refractivity contribution in [1.82, 2.24) is 0 Å². The van der Waals surface area contributed by atoms with E-state index in [1.165, 1.54) is 23.3 Å². The molecular formula is C17H19NO2S. The van der Waals surface area contributed by atoms with Crippen molar-refractivity contribution in [1.29, 1.82) is 0 Å². The molecule has 1 heterocycles. The van der Waals surface area contributed by atoms with Crippen molar-refractivity contribution in [3.63, 3.8) is 0 Å². The molecule has 0 fully saturated rings. The second-order valence-corrected chi connectivity index (χ2v) is 6.38. The average molecular weight is 301 g/mol. The molecule has 21 heavy (non-hydrogen) atoms. The SMILES string of the molecule is COc1ccc(C)cc1NC(=O)c1csc2c1CCCC2. The van der Waals surface area contributed by atoms with E-state index in [2.05, 4.69) is 5.32 Å². The van der Waals surface area contributed by atoms with E-state index in [1.54, 1.807) is 18.4 Å². The number of anilines is 1. The lowest BCUT2D eigenvalue weighted by atomic mass is 9.95. The van der Waals surface area contributed by atoms with Gasteiger partial charge in [-0.15, -0.1) is 11.3 Å². The lowest BCUT2D eigenvalue weighted by Crippen LogP contribution is -2.15. The Hall–Kier alpha value is -1.81. The zero-order chi connectivity index (χ0) is 14.8. The van der Waals surface area contributed by atoms with Crippen LogP contribution in [0.3, 0.4) is 0 Å². The molecule has 1 aliphatic carbocycles. The van der Waals surface area contributed by atoms with Crippen LogP contribution in [-0.2, 0) is 12.8 Å². The first-order chi connectivity index (χ1) is 10.2. The molecule has 0 unspecified atom stereocenters. The van der Waals surface area contributed by atoms with Crippen molar-refractivity contribution in [3.05, 3.63) is 45.1 Å². The smallest absolute Gasteiger partial charge is 0.256 e. The molecule has 1 N–H and O–H groups in total. The molecule has 0 saturated carbocycles. The summed E-state index contributed by atoms with van der Waals surface area (Å²) < 4.78 is 5.32. The summed E-state index contributed by atoms with van der Waals surface area (Å²) in [7, 11) is 1.62. The molecule has 4 heteroatoms. The van der Waals surface area contributed by atoms with Crippen LogP contribution in [0, 0.1) is 6.92 Å². The topological polar surface area (TPSA) is 38.3 Å². The number of fused-ring (bicyclic) bond motifs is 1. The van der Waals surface area contributed by atoms with Gasteiger partial charge in [0.15, 0.2) is 0 Å². The molecule has 3 rings (SSSR count). The van der Waals surface area contributed by atoms with E-state index in [-0.39, 0.29) is 5.91 Å². The molecule has 1 aliphatic rings. The van der Waals surface area contributed by atoms with Gasteiger partial charge in [-0.3, -0.25) is 4.79 Å². The van der Waals surface area contributed by atoms with Crippen molar-refractivity contribution < 1.29 is 9.53 Å². The molecule has 0 radical (unpaired) electrons. The first-order valence-electron chi connectivity index (χ1n) is 7.24. The van der Waals surface area contributed by atoms with Crippen LogP contribution in [-0.4, -0.2) is 13.0 Å². The summed E-state index contributed by atoms with van der Waals surface area (Å²) in [6.07, 6.45) is 4.55. The molecule has 1 amide bonds. The summed E-state index contributed by atoms with van der Waals surface area (Å²) >= 11 is 1.71. The van der Waals surface area contributed by atoms with E-state index in [9.17, 15) is 4.79 Å². The number of methoxy groups -OCH3 is 1. The fourth-order valence-electron chi connectivity index (χ4n) is 2.79. The molecular weight excluding hydrogens is 282 g/mol. The number of thiophene rings is 1. The summed E-state index contributed by atoms with van der Waals surface area (Å²) in [5.74, 6) is 0.663. The van der Waals surface area contributed by atoms with Gasteiger partial charge in [0.2, 0.25) is 0 Å². The van der Waals surface area contributed by atoms with Crippen molar-refractivity contribution in [2.24, 2.45) is 0 Å². The molecule has 0 aliphatic heterocycles. The molecule has 0 atom stereocenters. The van der Waals surface area contributed by atoms with Crippen LogP contribution < -0.4 is 10.1 Å². The molecule has 0 saturated heterocycles. The molecule has 1 aromatic heterocycles. The Morgan fingerprint density at radius 2 is 2.10 bits per heavy atom. The van der Waals surface area contributed by atoms with E-state index in [4.69, 9.17) is 4.74 Å². The van der Waals surface area contributed by atoms with Gasteiger partial charge >= 0.3 is 0 Å². The van der Waals surface area contributed by atoms with Crippen LogP contribution in [0.15, 0.2) is 23.6 Å². The number of rotatable bonds is 3. The third-order valence-electron chi connectivity index (χ3n) is 3.91. The number of carbonyl (C=O) groups is 1. The zero-order valence-electron chi connectivity index (χ0n) is 12.4. The number of hydrogen-bond donors (Lipinski definition) is 1. The number of benzene rings is 1. The third-order valence-corrected chi connectivity index (χ3v) is 5.00. The fourth-order valence-corrected chi connectivity index (χ4v) is 3.92. The standard InChI is InChI=1S/C17H19NO2S/c1-11-7-8-15(20-2)14(9-11)18-17(19)13-10-21-16-6-4-3-5-12(13)16/h7-10H,3-6H2,1-2H3,(H,18,19). The van der Waals surface area contributed by atoms with Crippen molar-refractivity contribution in [2.45, 2.75) is 32.6 Å². The number of amides is 1. The number of aryl methyl sites for hydroxylation is 2. The van der Waals surface area contributed by atoms with E-state index in [0.717, 1.165) is 29.7 Å². The van der Waals surface area contributed by atoms with Crippen molar-refractivity contribution in [3.8, 4) is 5.75 Å². The van der Waals surface area contributed by atoms with Gasteiger partial charge in [0.05, 0.1) is 18.4 Å². The summed E-state index contributed by atoms with van der Waals surface area (Å²) in [5, 5.41) is 4.99. The number of hydrogen-bond acceptors (Lipinski definition) is 3. The highest BCUT2D eigenvalue weighted by molar-refractivity contribution is 7.10. The normalized spacial score (nSPS) is 13.6. The Balaban J connectivity index is 1.87. The maximum atomic E-state index is 12.6. The Morgan fingerprint density at radius 1 is 1.29 bits per heavy atom. The zero-order valence-corrected chi connectivity index (χ0v) is 13.2. The highest BCUT2D eigenvalue weighted by Crippen LogP contribution is 2.32. The van der Waals surface area contributed by atoms with Gasteiger partial charge in [-0.05, 0) is 55.9 Å². The summed E-state index contributed by atoms with van der Waals surface area (Å²) in [4.78, 5) is 13.9. The van der Waals surface area contributed by atoms with Gasteiger partial charge in [-0.1, -0.05) is 6.07 Å². The Labute approximate surface area is 129 Å². The molecule has 3 nitrogen and oxygen atoms in total. The van der Waals surface area contributed by atoms with E-state index in [1.807, 2.05) is 30.5 Å². The lowest BCUT2D eigenvalue weighted by molar-refractivity contribution is 0.102. The predicted molar refractivity (Wildman–Crippen MR) is 86.6 cm³/mol. The van der Waals surface area contributed by atoms with E-state index < -0.39 is 0 Å². The summed E-state index contributed by atoms with van der Waals surface area (Å²) in [6, 6.07) is 5.80. The maximum absolute atomic E-state index is 12.6. The minimum Gasteiger partial charge on any atom is -0.495 e. The number of carbonyl (C=O) groups excluding carboxylic acids is 1. The molecule has 0 spiro atoms. The first kappa shape index (κ1) is 14.1. The van der Waals surface area contributed by atoms with Gasteiger partial charge in [0, 0.05) is 10.3 Å². The summed E-state index contributed by atoms with van der Waals surface area (Å²) in [5.41, 5.74) is 3.91. The number of ether oxygens (including phenoxy) is 1. The largest absolute Gasteiger partial charge is 0.495 e. The van der Waals surface area contributed by atoms with Crippen LogP contribution in [0.4, 0.5) is 5.69 Å². The predicted octanol–water partition coefficient (Wildman–Crippen LogP) is 4.20. The first-order valence-corrected chi connectivity index (χ1v) is 8.12. The van der Waals surface area contributed by atoms with Crippen LogP contribution in [0.25, 0.3) is 0 Å². The van der Waals surface area contributed by atoms with E-state index >= 15 is 0 Å². The monoisotopic (exact) mass is 301 g/mol. The highest BCUT2D eigenvalue weighted by atomic mass is 32.1. The fraction of sp³-hybridized carbons (Fsp3) is 0.353. The minimum absolute atomic E-state index is 0.0294. The quantitative estimate of drug-likeness (QED) is 0.923. The van der Waals surface area contributed by atoms with Crippen LogP contribution in [0.1, 0.15) is 39.2 Å². The van der Waals surface area contributed by atoms with Crippen molar-refractivity contribution in [2.75, 3.05) is 12.4 Å². The van der Waals surface area contributed by atoms with Gasteiger partial charge in [-0.2, -0.15) is 0 Å². The average Bonchev–Trinajstić information content (AvgIpc) is 2.91. The van der Waals surface area contributed by atoms with Crippen molar-refractivity contribution >= 4 is 22.9 Å². The minimum atomic E-state index is -0.0294. The second-order valence-electron chi connectivity index (χ2n) is 5.42. The molecule has 1 aromatic carbocycles. The Kier molecular flexibility index (Phi) is 3.97. The molecule has 110 valence electrons. The molecule has 0 bridgehead atoms. The lowest BCUT2D eigenvalue weighted by Gasteiger charge is -2.14. The Bertz CT molecular complexity index is 675. The second kappa shape index (κ2) is 5.90. The highest BCUT2D eigenvalue weighted by Gasteiger charge is 2.20. The number of nitrogens with one attached hydrogen (secondary N) is 1. The summed E-state index contributed by atoms with van der Waals surface area (Å²) in [6.45, 7) is 2.00. The van der Waals surface area contributed by atoms with Gasteiger partial charge in [-0.25, -0.2) is 0 Å². The van der Waals surface area contributed by atoms with Gasteiger partial charge in [0.25, 0.3) is 5.91 Å². The Morgan fingerprint density at radius 3 is 2.90 bits per heavy atom. The van der Waals surface area contributed by atoms with Crippen LogP contribution >= 0.6 is 11.3 Å². The van der Waals surface area contributed by atoms with E-state index in [0.29, 0.717) is 5.75 Å². The van der Waals surface area contributed by atoms with Crippen LogP contribution in [0.5, 0.6) is 5.75 Å². The van der Waals surface area contributed by atoms with Gasteiger partial charge in [0.1, 0.15) is 5.75 Å². The molecule has 2 aromatic rings. The van der Waals surface area contributed by atoms with Gasteiger partial charge < -0.3 is 10.1 Å². The maximum Gasteiger partial charge on any atom is 0.256 e.